The van der Waals surface area contributed by atoms with Gasteiger partial charge in [0, 0.05) is 18.2 Å². The van der Waals surface area contributed by atoms with Crippen LogP contribution in [0, 0.1) is 0 Å². The maximum absolute atomic E-state index is 13.4. The maximum atomic E-state index is 13.4. The topological polar surface area (TPSA) is 90.2 Å². The molecular formula is C19H20Cl2F2N2O4S. The summed E-state index contributed by atoms with van der Waals surface area (Å²) < 4.78 is 51.2. The van der Waals surface area contributed by atoms with Crippen LogP contribution in [0.2, 0.25) is 10.0 Å². The predicted molar refractivity (Wildman–Crippen MR) is 116 cm³/mol. The minimum absolute atomic E-state index is 0.103. The molecule has 2 N–H and O–H groups in total. The first kappa shape index (κ1) is 24.3. The zero-order chi connectivity index (χ0) is 23.2. The van der Waals surface area contributed by atoms with Crippen molar-refractivity contribution < 1.29 is 27.4 Å². The van der Waals surface area contributed by atoms with E-state index in [2.05, 4.69) is 18.3 Å². The molecule has 1 heterocycles. The van der Waals surface area contributed by atoms with E-state index in [4.69, 9.17) is 23.2 Å². The van der Waals surface area contributed by atoms with Crippen LogP contribution in [0.3, 0.4) is 0 Å². The number of aliphatic hydroxyl groups is 2. The third-order valence-corrected chi connectivity index (χ3v) is 8.13. The highest BCUT2D eigenvalue weighted by atomic mass is 35.5. The summed E-state index contributed by atoms with van der Waals surface area (Å²) in [5, 5.41) is 20.0. The highest BCUT2D eigenvalue weighted by molar-refractivity contribution is 8.02. The van der Waals surface area contributed by atoms with Gasteiger partial charge in [-0.2, -0.15) is 0 Å². The molecule has 0 radical (unpaired) electrons. The third kappa shape index (κ3) is 3.53. The summed E-state index contributed by atoms with van der Waals surface area (Å²) in [5.41, 5.74) is -0.398. The van der Waals surface area contributed by atoms with E-state index in [9.17, 15) is 27.4 Å². The average Bonchev–Trinajstić information content (AvgIpc) is 2.65. The quantitative estimate of drug-likeness (QED) is 0.459. The van der Waals surface area contributed by atoms with E-state index in [0.29, 0.717) is 4.90 Å². The molecule has 1 atom stereocenters. The standard InChI is InChI=1S/C19H20Cl2F2N2O4S/c1-6-10-13(24-4)15(26)16(30(28,29)19(10,2)3)9-7-8-11(20)14(12(9)21)25(5)18(27)17(22)23/h6-8,17-18,26-27H,1,4H2,2-3,5H3. The van der Waals surface area contributed by atoms with Crippen molar-refractivity contribution in [3.05, 3.63) is 57.4 Å². The lowest BCUT2D eigenvalue weighted by Crippen LogP contribution is -2.39. The Balaban J connectivity index is 2.93. The summed E-state index contributed by atoms with van der Waals surface area (Å²) in [7, 11) is -3.15. The molecule has 1 aliphatic heterocycles. The Hall–Kier alpha value is -1.94. The van der Waals surface area contributed by atoms with Gasteiger partial charge in [0.1, 0.15) is 10.6 Å². The van der Waals surface area contributed by atoms with Crippen molar-refractivity contribution >= 4 is 50.3 Å². The molecule has 0 aliphatic carbocycles. The van der Waals surface area contributed by atoms with Crippen LogP contribution in [0.5, 0.6) is 0 Å². The monoisotopic (exact) mass is 480 g/mol. The van der Waals surface area contributed by atoms with Crippen molar-refractivity contribution in [2.24, 2.45) is 4.99 Å². The second-order valence-electron chi connectivity index (χ2n) is 6.93. The summed E-state index contributed by atoms with van der Waals surface area (Å²) in [6, 6.07) is 2.46. The summed E-state index contributed by atoms with van der Waals surface area (Å²) in [6.45, 7) is 9.76. The fourth-order valence-corrected chi connectivity index (χ4v) is 5.74. The molecule has 30 heavy (non-hydrogen) atoms. The molecule has 164 valence electrons. The first-order chi connectivity index (χ1) is 13.7. The molecule has 11 heteroatoms. The first-order valence-electron chi connectivity index (χ1n) is 8.45. The van der Waals surface area contributed by atoms with Crippen molar-refractivity contribution in [3.8, 4) is 0 Å². The number of benzene rings is 1. The van der Waals surface area contributed by atoms with Crippen LogP contribution >= 0.6 is 23.2 Å². The number of nitrogens with zero attached hydrogens (tertiary/aromatic N) is 2. The van der Waals surface area contributed by atoms with Crippen LogP contribution in [0.25, 0.3) is 4.91 Å². The van der Waals surface area contributed by atoms with Gasteiger partial charge in [-0.1, -0.05) is 41.9 Å². The van der Waals surface area contributed by atoms with Crippen LogP contribution in [-0.4, -0.2) is 49.8 Å². The molecule has 0 saturated heterocycles. The zero-order valence-electron chi connectivity index (χ0n) is 16.3. The normalized spacial score (nSPS) is 19.1. The molecule has 0 amide bonds. The van der Waals surface area contributed by atoms with Gasteiger partial charge in [-0.3, -0.25) is 4.99 Å². The van der Waals surface area contributed by atoms with Gasteiger partial charge in [0.05, 0.1) is 20.5 Å². The van der Waals surface area contributed by atoms with E-state index in [1.807, 2.05) is 0 Å². The molecule has 1 aromatic carbocycles. The Morgan fingerprint density at radius 1 is 1.30 bits per heavy atom. The van der Waals surface area contributed by atoms with Crippen molar-refractivity contribution in [2.75, 3.05) is 11.9 Å². The molecule has 0 aromatic heterocycles. The van der Waals surface area contributed by atoms with Gasteiger partial charge in [-0.15, -0.1) is 0 Å². The second-order valence-corrected chi connectivity index (χ2v) is 10.2. The number of hydrogen-bond donors (Lipinski definition) is 2. The summed E-state index contributed by atoms with van der Waals surface area (Å²) in [5.74, 6) is -0.716. The van der Waals surface area contributed by atoms with Crippen LogP contribution in [0.1, 0.15) is 19.4 Å². The number of allylic oxidation sites excluding steroid dienone is 1. The lowest BCUT2D eigenvalue weighted by atomic mass is 9.97. The predicted octanol–water partition coefficient (Wildman–Crippen LogP) is 4.59. The molecule has 2 rings (SSSR count). The molecule has 0 spiro atoms. The number of halogens is 4. The largest absolute Gasteiger partial charge is 0.504 e. The van der Waals surface area contributed by atoms with Gasteiger partial charge >= 0.3 is 0 Å². The van der Waals surface area contributed by atoms with Crippen LogP contribution < -0.4 is 4.90 Å². The molecule has 1 aliphatic rings. The number of rotatable bonds is 6. The van der Waals surface area contributed by atoms with E-state index in [1.165, 1.54) is 32.1 Å². The minimum atomic E-state index is -4.27. The van der Waals surface area contributed by atoms with E-state index in [0.717, 1.165) is 7.05 Å². The maximum Gasteiger partial charge on any atom is 0.282 e. The van der Waals surface area contributed by atoms with E-state index >= 15 is 0 Å². The molecule has 0 fully saturated rings. The number of hydrogen-bond acceptors (Lipinski definition) is 6. The fourth-order valence-electron chi connectivity index (χ4n) is 3.16. The molecule has 0 saturated carbocycles. The molecule has 0 bridgehead atoms. The zero-order valence-corrected chi connectivity index (χ0v) is 18.7. The molecular weight excluding hydrogens is 461 g/mol. The number of aliphatic hydroxyl groups excluding tert-OH is 2. The van der Waals surface area contributed by atoms with Gasteiger partial charge in [-0.25, -0.2) is 17.2 Å². The SMILES string of the molecule is C=CC1=C(N=C)C(O)=C(c2ccc(Cl)c(N(C)C(O)C(F)F)c2Cl)S(=O)(=O)C1(C)C. The highest BCUT2D eigenvalue weighted by Gasteiger charge is 2.48. The number of alkyl halides is 2. The van der Waals surface area contributed by atoms with Crippen molar-refractivity contribution in [2.45, 2.75) is 31.2 Å². The Morgan fingerprint density at radius 3 is 2.33 bits per heavy atom. The van der Waals surface area contributed by atoms with Gasteiger partial charge in [0.25, 0.3) is 6.43 Å². The van der Waals surface area contributed by atoms with E-state index in [1.54, 1.807) is 0 Å². The smallest absolute Gasteiger partial charge is 0.282 e. The van der Waals surface area contributed by atoms with E-state index < -0.39 is 37.9 Å². The van der Waals surface area contributed by atoms with E-state index in [-0.39, 0.29) is 32.6 Å². The number of aliphatic imine (C=N–C) groups is 1. The molecule has 1 unspecified atom stereocenters. The number of sulfone groups is 1. The number of anilines is 1. The average molecular weight is 481 g/mol. The van der Waals surface area contributed by atoms with Crippen LogP contribution in [0.4, 0.5) is 14.5 Å². The highest BCUT2D eigenvalue weighted by Crippen LogP contribution is 2.49. The van der Waals surface area contributed by atoms with Gasteiger partial charge < -0.3 is 15.1 Å². The lowest BCUT2D eigenvalue weighted by Gasteiger charge is -2.34. The lowest BCUT2D eigenvalue weighted by molar-refractivity contribution is -0.00294. The van der Waals surface area contributed by atoms with Crippen molar-refractivity contribution in [1.82, 2.24) is 0 Å². The van der Waals surface area contributed by atoms with Crippen LogP contribution in [0.15, 0.2) is 46.8 Å². The van der Waals surface area contributed by atoms with Crippen LogP contribution in [-0.2, 0) is 9.84 Å². The van der Waals surface area contributed by atoms with Gasteiger partial charge in [0.15, 0.2) is 21.8 Å². The summed E-state index contributed by atoms with van der Waals surface area (Å²) >= 11 is 12.5. The third-order valence-electron chi connectivity index (χ3n) is 4.93. The van der Waals surface area contributed by atoms with Gasteiger partial charge in [0.2, 0.25) is 0 Å². The van der Waals surface area contributed by atoms with Gasteiger partial charge in [-0.05, 0) is 26.6 Å². The molecule has 1 aromatic rings. The Kier molecular flexibility index (Phi) is 6.73. The van der Waals surface area contributed by atoms with Crippen molar-refractivity contribution in [1.29, 1.82) is 0 Å². The Labute approximate surface area is 183 Å². The fraction of sp³-hybridized carbons (Fsp3) is 0.316. The first-order valence-corrected chi connectivity index (χ1v) is 10.7. The second kappa shape index (κ2) is 8.30. The minimum Gasteiger partial charge on any atom is -0.504 e. The molecule has 6 nitrogen and oxygen atoms in total. The summed E-state index contributed by atoms with van der Waals surface area (Å²) in [6.07, 6.45) is -4.14. The Bertz CT molecular complexity index is 1080. The Morgan fingerprint density at radius 2 is 1.87 bits per heavy atom. The summed E-state index contributed by atoms with van der Waals surface area (Å²) in [4.78, 5) is 3.89. The van der Waals surface area contributed by atoms with Crippen molar-refractivity contribution in [3.63, 3.8) is 0 Å².